The van der Waals surface area contributed by atoms with Crippen LogP contribution in [0.3, 0.4) is 0 Å². The summed E-state index contributed by atoms with van der Waals surface area (Å²) in [5.41, 5.74) is 0.825. The predicted octanol–water partition coefficient (Wildman–Crippen LogP) is 2.15. The Kier molecular flexibility index (Phi) is 4.87. The minimum absolute atomic E-state index is 0.307. The van der Waals surface area contributed by atoms with E-state index < -0.39 is 33.8 Å². The van der Waals surface area contributed by atoms with Gasteiger partial charge in [-0.2, -0.15) is 4.31 Å². The van der Waals surface area contributed by atoms with Crippen LogP contribution in [0.2, 0.25) is 0 Å². The molecule has 0 bridgehead atoms. The van der Waals surface area contributed by atoms with Crippen LogP contribution in [0.5, 0.6) is 0 Å². The maximum Gasteiger partial charge on any atom is 0.308 e. The van der Waals surface area contributed by atoms with E-state index in [0.717, 1.165) is 0 Å². The molecule has 5 nitrogen and oxygen atoms in total. The van der Waals surface area contributed by atoms with Gasteiger partial charge in [0.2, 0.25) is 10.0 Å². The van der Waals surface area contributed by atoms with Crippen LogP contribution in [0.4, 0.5) is 4.39 Å². The molecule has 1 N–H and O–H groups in total. The lowest BCUT2D eigenvalue weighted by molar-refractivity contribution is -0.144. The van der Waals surface area contributed by atoms with Gasteiger partial charge in [0.05, 0.1) is 11.7 Å². The van der Waals surface area contributed by atoms with Gasteiger partial charge in [-0.3, -0.25) is 4.79 Å². The average Bonchev–Trinajstić information content (AvgIpc) is 2.42. The Bertz CT molecular complexity index is 674. The van der Waals surface area contributed by atoms with Crippen LogP contribution in [0.15, 0.2) is 18.2 Å². The summed E-state index contributed by atoms with van der Waals surface area (Å²) in [5.74, 6) is -2.43. The molecule has 1 aliphatic rings. The number of rotatable bonds is 4. The number of piperidine rings is 1. The van der Waals surface area contributed by atoms with E-state index in [1.807, 2.05) is 0 Å². The van der Waals surface area contributed by atoms with Crippen LogP contribution in [-0.2, 0) is 20.6 Å². The summed E-state index contributed by atoms with van der Waals surface area (Å²) in [6.07, 6.45) is 0.991. The third kappa shape index (κ3) is 3.47. The molecule has 1 heterocycles. The molecule has 1 aromatic rings. The van der Waals surface area contributed by atoms with Crippen LogP contribution in [0.25, 0.3) is 0 Å². The largest absolute Gasteiger partial charge is 0.481 e. The monoisotopic (exact) mass is 329 g/mol. The fourth-order valence-corrected chi connectivity index (χ4v) is 4.68. The lowest BCUT2D eigenvalue weighted by atomic mass is 9.92. The molecule has 0 radical (unpaired) electrons. The molecular weight excluding hydrogens is 309 g/mol. The highest BCUT2D eigenvalue weighted by Crippen LogP contribution is 2.27. The molecule has 22 heavy (non-hydrogen) atoms. The first-order valence-corrected chi connectivity index (χ1v) is 8.80. The summed E-state index contributed by atoms with van der Waals surface area (Å²) in [5, 5.41) is 9.18. The number of hydrogen-bond acceptors (Lipinski definition) is 3. The maximum atomic E-state index is 13.6. The van der Waals surface area contributed by atoms with Crippen LogP contribution in [-0.4, -0.2) is 36.4 Å². The third-order valence-corrected chi connectivity index (χ3v) is 6.12. The minimum Gasteiger partial charge on any atom is -0.481 e. The van der Waals surface area contributed by atoms with Gasteiger partial charge in [0.1, 0.15) is 5.82 Å². The van der Waals surface area contributed by atoms with Gasteiger partial charge in [0.15, 0.2) is 0 Å². The van der Waals surface area contributed by atoms with Crippen molar-refractivity contribution in [1.82, 2.24) is 4.31 Å². The Labute approximate surface area is 129 Å². The number of benzene rings is 1. The molecule has 0 saturated carbocycles. The van der Waals surface area contributed by atoms with Gasteiger partial charge in [-0.05, 0) is 43.9 Å². The second-order valence-corrected chi connectivity index (χ2v) is 7.70. The first-order valence-electron chi connectivity index (χ1n) is 7.19. The van der Waals surface area contributed by atoms with Crippen molar-refractivity contribution >= 4 is 16.0 Å². The fraction of sp³-hybridized carbons (Fsp3) is 0.533. The van der Waals surface area contributed by atoms with E-state index in [-0.39, 0.29) is 5.75 Å². The van der Waals surface area contributed by atoms with Crippen LogP contribution >= 0.6 is 0 Å². The first-order chi connectivity index (χ1) is 10.2. The van der Waals surface area contributed by atoms with E-state index in [9.17, 15) is 22.7 Å². The number of hydrogen-bond donors (Lipinski definition) is 1. The number of aryl methyl sites for hydroxylation is 1. The highest BCUT2D eigenvalue weighted by Gasteiger charge is 2.38. The minimum atomic E-state index is -3.68. The Hall–Kier alpha value is -1.47. The summed E-state index contributed by atoms with van der Waals surface area (Å²) in [7, 11) is -3.68. The van der Waals surface area contributed by atoms with Gasteiger partial charge in [0.25, 0.3) is 0 Å². The number of nitrogens with zero attached hydrogens (tertiary/aromatic N) is 1. The zero-order valence-electron chi connectivity index (χ0n) is 12.6. The van der Waals surface area contributed by atoms with Crippen molar-refractivity contribution in [2.24, 2.45) is 5.92 Å². The summed E-state index contributed by atoms with van der Waals surface area (Å²) in [4.78, 5) is 11.2. The third-order valence-electron chi connectivity index (χ3n) is 4.19. The van der Waals surface area contributed by atoms with Crippen molar-refractivity contribution < 1.29 is 22.7 Å². The second-order valence-electron chi connectivity index (χ2n) is 5.78. The lowest BCUT2D eigenvalue weighted by Gasteiger charge is -2.36. The smallest absolute Gasteiger partial charge is 0.308 e. The van der Waals surface area contributed by atoms with Crippen molar-refractivity contribution in [3.05, 3.63) is 35.1 Å². The van der Waals surface area contributed by atoms with E-state index >= 15 is 0 Å². The Morgan fingerprint density at radius 3 is 2.73 bits per heavy atom. The Balaban J connectivity index is 2.22. The number of carbonyl (C=O) groups is 1. The Morgan fingerprint density at radius 1 is 1.45 bits per heavy atom. The summed E-state index contributed by atoms with van der Waals surface area (Å²) >= 11 is 0. The molecule has 0 unspecified atom stereocenters. The SMILES string of the molecule is Cc1ccc(CS(=O)(=O)N2CCC[C@@H](C(=O)O)[C@H]2C)cc1F. The molecule has 0 aliphatic carbocycles. The number of aliphatic carboxylic acids is 1. The normalized spacial score (nSPS) is 23.4. The maximum absolute atomic E-state index is 13.6. The topological polar surface area (TPSA) is 74.7 Å². The number of sulfonamides is 1. The van der Waals surface area contributed by atoms with E-state index in [0.29, 0.717) is 30.5 Å². The van der Waals surface area contributed by atoms with E-state index in [1.54, 1.807) is 26.0 Å². The molecule has 2 rings (SSSR count). The van der Waals surface area contributed by atoms with Crippen molar-refractivity contribution in [3.63, 3.8) is 0 Å². The van der Waals surface area contributed by atoms with Gasteiger partial charge in [0, 0.05) is 12.6 Å². The molecule has 7 heteroatoms. The summed E-state index contributed by atoms with van der Waals surface area (Å²) < 4.78 is 39.9. The van der Waals surface area contributed by atoms with Gasteiger partial charge < -0.3 is 5.11 Å². The standard InChI is InChI=1S/C15H20FNO4S/c1-10-5-6-12(8-14(10)16)9-22(20,21)17-7-3-4-13(11(17)2)15(18)19/h5-6,8,11,13H,3-4,7,9H2,1-2H3,(H,18,19)/t11-,13-/m1/s1. The summed E-state index contributed by atoms with van der Waals surface area (Å²) in [6.45, 7) is 3.53. The average molecular weight is 329 g/mol. The molecule has 1 aromatic carbocycles. The van der Waals surface area contributed by atoms with Crippen molar-refractivity contribution in [2.75, 3.05) is 6.54 Å². The van der Waals surface area contributed by atoms with E-state index in [4.69, 9.17) is 0 Å². The fourth-order valence-electron chi connectivity index (χ4n) is 2.85. The molecule has 122 valence electrons. The quantitative estimate of drug-likeness (QED) is 0.918. The first kappa shape index (κ1) is 16.9. The molecule has 1 saturated heterocycles. The highest BCUT2D eigenvalue weighted by molar-refractivity contribution is 7.88. The molecule has 0 amide bonds. The molecule has 0 spiro atoms. The highest BCUT2D eigenvalue weighted by atomic mass is 32.2. The predicted molar refractivity (Wildman–Crippen MR) is 80.3 cm³/mol. The van der Waals surface area contributed by atoms with Gasteiger partial charge >= 0.3 is 5.97 Å². The van der Waals surface area contributed by atoms with Crippen molar-refractivity contribution in [3.8, 4) is 0 Å². The summed E-state index contributed by atoms with van der Waals surface area (Å²) in [6, 6.07) is 3.75. The van der Waals surface area contributed by atoms with E-state index in [2.05, 4.69) is 0 Å². The molecule has 2 atom stereocenters. The van der Waals surface area contributed by atoms with Gasteiger partial charge in [-0.1, -0.05) is 12.1 Å². The number of halogens is 1. The van der Waals surface area contributed by atoms with Crippen molar-refractivity contribution in [2.45, 2.75) is 38.5 Å². The molecule has 1 aliphatic heterocycles. The van der Waals surface area contributed by atoms with E-state index in [1.165, 1.54) is 10.4 Å². The van der Waals surface area contributed by atoms with Gasteiger partial charge in [-0.15, -0.1) is 0 Å². The van der Waals surface area contributed by atoms with Gasteiger partial charge in [-0.25, -0.2) is 12.8 Å². The zero-order valence-corrected chi connectivity index (χ0v) is 13.4. The molecule has 1 fully saturated rings. The van der Waals surface area contributed by atoms with Crippen LogP contribution < -0.4 is 0 Å². The molecular formula is C15H20FNO4S. The zero-order chi connectivity index (χ0) is 16.5. The second kappa shape index (κ2) is 6.34. The number of carboxylic acids is 1. The van der Waals surface area contributed by atoms with Crippen LogP contribution in [0, 0.1) is 18.7 Å². The van der Waals surface area contributed by atoms with Crippen molar-refractivity contribution in [1.29, 1.82) is 0 Å². The molecule has 0 aromatic heterocycles. The Morgan fingerprint density at radius 2 is 2.14 bits per heavy atom. The number of carboxylic acid groups (broad SMARTS) is 1. The van der Waals surface area contributed by atoms with Crippen LogP contribution in [0.1, 0.15) is 30.9 Å². The lowest BCUT2D eigenvalue weighted by Crippen LogP contribution is -2.49.